The Kier molecular flexibility index (Phi) is 5.38. The van der Waals surface area contributed by atoms with Crippen molar-refractivity contribution in [1.29, 1.82) is 0 Å². The number of hydrogen-bond acceptors (Lipinski definition) is 3. The van der Waals surface area contributed by atoms with E-state index in [1.165, 1.54) is 24.8 Å². The van der Waals surface area contributed by atoms with Crippen molar-refractivity contribution < 1.29 is 9.63 Å². The number of benzene rings is 1. The highest BCUT2D eigenvalue weighted by molar-refractivity contribution is 6.01. The van der Waals surface area contributed by atoms with E-state index in [1.807, 2.05) is 7.05 Å². The summed E-state index contributed by atoms with van der Waals surface area (Å²) in [6.07, 6.45) is 6.59. The lowest BCUT2D eigenvalue weighted by Crippen LogP contribution is -2.46. The summed E-state index contributed by atoms with van der Waals surface area (Å²) in [5.41, 5.74) is 3.28. The number of carbonyl (C=O) groups excluding carboxylic acids is 1. The summed E-state index contributed by atoms with van der Waals surface area (Å²) in [6, 6.07) is 8.62. The highest BCUT2D eigenvalue weighted by atomic mass is 16.6. The fraction of sp³-hybridized carbons (Fsp3) is 0.579. The van der Waals surface area contributed by atoms with Crippen LogP contribution in [0, 0.1) is 6.92 Å². The van der Waals surface area contributed by atoms with Crippen LogP contribution >= 0.6 is 0 Å². The fourth-order valence-corrected chi connectivity index (χ4v) is 3.36. The zero-order valence-electron chi connectivity index (χ0n) is 14.6. The number of carbonyl (C=O) groups is 1. The van der Waals surface area contributed by atoms with Crippen LogP contribution < -0.4 is 5.32 Å². The molecule has 1 aliphatic heterocycles. The van der Waals surface area contributed by atoms with E-state index in [1.54, 1.807) is 4.90 Å². The van der Waals surface area contributed by atoms with Gasteiger partial charge < -0.3 is 15.1 Å². The van der Waals surface area contributed by atoms with Crippen LogP contribution in [-0.2, 0) is 4.84 Å². The van der Waals surface area contributed by atoms with Crippen LogP contribution in [0.4, 0.5) is 4.79 Å². The molecular weight excluding hydrogens is 302 g/mol. The molecule has 1 fully saturated rings. The number of nitrogens with zero attached hydrogens (tertiary/aromatic N) is 2. The Morgan fingerprint density at radius 1 is 1.25 bits per heavy atom. The standard InChI is InChI=1S/C19H27N3O2/c1-14-8-10-15(11-9-14)18-12-17(24-21-18)13-22(2)19(23)20-16-6-4-3-5-7-16/h8-11,16-17H,3-7,12-13H2,1-2H3,(H,20,23). The fourth-order valence-electron chi connectivity index (χ4n) is 3.36. The van der Waals surface area contributed by atoms with E-state index in [9.17, 15) is 4.79 Å². The van der Waals surface area contributed by atoms with Gasteiger partial charge in [0, 0.05) is 19.5 Å². The zero-order valence-corrected chi connectivity index (χ0v) is 14.6. The molecule has 1 N–H and O–H groups in total. The molecule has 5 heteroatoms. The van der Waals surface area contributed by atoms with Crippen molar-refractivity contribution in [3.63, 3.8) is 0 Å². The SMILES string of the molecule is Cc1ccc(C2=NOC(CN(C)C(=O)NC3CCCCC3)C2)cc1. The number of likely N-dealkylation sites (N-methyl/N-ethyl adjacent to an activating group) is 1. The van der Waals surface area contributed by atoms with E-state index in [0.717, 1.165) is 30.5 Å². The van der Waals surface area contributed by atoms with E-state index < -0.39 is 0 Å². The third-order valence-electron chi connectivity index (χ3n) is 4.87. The average molecular weight is 329 g/mol. The lowest BCUT2D eigenvalue weighted by molar-refractivity contribution is 0.0651. The largest absolute Gasteiger partial charge is 0.390 e. The van der Waals surface area contributed by atoms with Gasteiger partial charge in [0.1, 0.15) is 0 Å². The Hall–Kier alpha value is -2.04. The van der Waals surface area contributed by atoms with Gasteiger partial charge in [0.25, 0.3) is 0 Å². The van der Waals surface area contributed by atoms with Gasteiger partial charge in [0.15, 0.2) is 6.10 Å². The molecular formula is C19H27N3O2. The molecule has 2 amide bonds. The van der Waals surface area contributed by atoms with Gasteiger partial charge in [-0.2, -0.15) is 0 Å². The minimum absolute atomic E-state index is 0.00529. The molecule has 1 aromatic rings. The molecule has 0 radical (unpaired) electrons. The first-order valence-electron chi connectivity index (χ1n) is 8.93. The van der Waals surface area contributed by atoms with Gasteiger partial charge in [-0.3, -0.25) is 0 Å². The first kappa shape index (κ1) is 16.8. The van der Waals surface area contributed by atoms with Crippen molar-refractivity contribution in [2.75, 3.05) is 13.6 Å². The van der Waals surface area contributed by atoms with Crippen LogP contribution in [-0.4, -0.2) is 42.4 Å². The predicted octanol–water partition coefficient (Wildman–Crippen LogP) is 3.46. The highest BCUT2D eigenvalue weighted by Gasteiger charge is 2.26. The number of oxime groups is 1. The minimum atomic E-state index is -0.0663. The first-order valence-corrected chi connectivity index (χ1v) is 8.93. The number of nitrogens with one attached hydrogen (secondary N) is 1. The summed E-state index contributed by atoms with van der Waals surface area (Å²) in [5.74, 6) is 0. The third kappa shape index (κ3) is 4.28. The topological polar surface area (TPSA) is 53.9 Å². The van der Waals surface area contributed by atoms with Gasteiger partial charge in [0.2, 0.25) is 0 Å². The second-order valence-corrected chi connectivity index (χ2v) is 7.00. The molecule has 24 heavy (non-hydrogen) atoms. The Balaban J connectivity index is 1.46. The summed E-state index contributed by atoms with van der Waals surface area (Å²) < 4.78 is 0. The van der Waals surface area contributed by atoms with Crippen LogP contribution in [0.15, 0.2) is 29.4 Å². The van der Waals surface area contributed by atoms with Crippen molar-refractivity contribution in [3.05, 3.63) is 35.4 Å². The summed E-state index contributed by atoms with van der Waals surface area (Å²) >= 11 is 0. The minimum Gasteiger partial charge on any atom is -0.390 e. The van der Waals surface area contributed by atoms with Gasteiger partial charge in [-0.25, -0.2) is 4.79 Å². The van der Waals surface area contributed by atoms with Gasteiger partial charge >= 0.3 is 6.03 Å². The van der Waals surface area contributed by atoms with Gasteiger partial charge in [-0.1, -0.05) is 54.2 Å². The van der Waals surface area contributed by atoms with Crippen LogP contribution in [0.5, 0.6) is 0 Å². The molecule has 1 unspecified atom stereocenters. The molecule has 1 heterocycles. The van der Waals surface area contributed by atoms with Crippen molar-refractivity contribution in [3.8, 4) is 0 Å². The summed E-state index contributed by atoms with van der Waals surface area (Å²) in [5, 5.41) is 7.34. The van der Waals surface area contributed by atoms with Crippen LogP contribution in [0.2, 0.25) is 0 Å². The molecule has 1 atom stereocenters. The maximum Gasteiger partial charge on any atom is 0.317 e. The molecule has 1 saturated carbocycles. The molecule has 0 spiro atoms. The van der Waals surface area contributed by atoms with Crippen molar-refractivity contribution in [2.24, 2.45) is 5.16 Å². The monoisotopic (exact) mass is 329 g/mol. The smallest absolute Gasteiger partial charge is 0.317 e. The van der Waals surface area contributed by atoms with Crippen molar-refractivity contribution in [2.45, 2.75) is 57.6 Å². The third-order valence-corrected chi connectivity index (χ3v) is 4.87. The Bertz CT molecular complexity index is 591. The number of urea groups is 1. The van der Waals surface area contributed by atoms with Gasteiger partial charge in [-0.05, 0) is 25.3 Å². The van der Waals surface area contributed by atoms with Crippen LogP contribution in [0.1, 0.15) is 49.7 Å². The lowest BCUT2D eigenvalue weighted by Gasteiger charge is -2.27. The molecule has 1 aromatic carbocycles. The molecule has 1 aliphatic carbocycles. The van der Waals surface area contributed by atoms with Crippen molar-refractivity contribution in [1.82, 2.24) is 10.2 Å². The first-order chi connectivity index (χ1) is 11.6. The normalized spacial score (nSPS) is 21.1. The second-order valence-electron chi connectivity index (χ2n) is 7.00. The van der Waals surface area contributed by atoms with E-state index in [0.29, 0.717) is 12.6 Å². The predicted molar refractivity (Wildman–Crippen MR) is 95.2 cm³/mol. The molecule has 3 rings (SSSR count). The number of amides is 2. The van der Waals surface area contributed by atoms with E-state index in [-0.39, 0.29) is 12.1 Å². The van der Waals surface area contributed by atoms with E-state index in [2.05, 4.69) is 41.7 Å². The van der Waals surface area contributed by atoms with Gasteiger partial charge in [-0.15, -0.1) is 0 Å². The molecule has 2 aliphatic rings. The summed E-state index contributed by atoms with van der Waals surface area (Å²) in [6.45, 7) is 2.62. The van der Waals surface area contributed by atoms with Crippen LogP contribution in [0.3, 0.4) is 0 Å². The maximum absolute atomic E-state index is 12.3. The highest BCUT2D eigenvalue weighted by Crippen LogP contribution is 2.19. The number of aryl methyl sites for hydroxylation is 1. The van der Waals surface area contributed by atoms with E-state index >= 15 is 0 Å². The Morgan fingerprint density at radius 2 is 1.96 bits per heavy atom. The Labute approximate surface area is 144 Å². The average Bonchev–Trinajstić information content (AvgIpc) is 3.05. The molecule has 0 saturated heterocycles. The van der Waals surface area contributed by atoms with Crippen molar-refractivity contribution >= 4 is 11.7 Å². The Morgan fingerprint density at radius 3 is 2.67 bits per heavy atom. The summed E-state index contributed by atoms with van der Waals surface area (Å²) in [4.78, 5) is 19.6. The quantitative estimate of drug-likeness (QED) is 0.919. The molecule has 130 valence electrons. The maximum atomic E-state index is 12.3. The number of rotatable bonds is 4. The number of hydrogen-bond donors (Lipinski definition) is 1. The zero-order chi connectivity index (χ0) is 16.9. The summed E-state index contributed by atoms with van der Waals surface area (Å²) in [7, 11) is 1.82. The molecule has 0 bridgehead atoms. The second kappa shape index (κ2) is 7.69. The van der Waals surface area contributed by atoms with Gasteiger partial charge in [0.05, 0.1) is 12.3 Å². The van der Waals surface area contributed by atoms with Crippen LogP contribution in [0.25, 0.3) is 0 Å². The molecule has 5 nitrogen and oxygen atoms in total. The molecule has 0 aromatic heterocycles. The van der Waals surface area contributed by atoms with E-state index in [4.69, 9.17) is 4.84 Å². The lowest BCUT2D eigenvalue weighted by atomic mass is 9.96.